The second-order valence-corrected chi connectivity index (χ2v) is 8.76. The molecule has 3 heterocycles. The highest BCUT2D eigenvalue weighted by molar-refractivity contribution is 9.11. The van der Waals surface area contributed by atoms with E-state index < -0.39 is 12.1 Å². The van der Waals surface area contributed by atoms with Crippen molar-refractivity contribution in [1.29, 1.82) is 0 Å². The predicted octanol–water partition coefficient (Wildman–Crippen LogP) is 4.08. The number of benzene rings is 2. The van der Waals surface area contributed by atoms with E-state index in [1.165, 1.54) is 11.1 Å². The summed E-state index contributed by atoms with van der Waals surface area (Å²) < 4.78 is 33.8. The number of halogens is 5. The third-order valence-electron chi connectivity index (χ3n) is 5.07. The molecular formula is C20H14Br2F3N3O3. The van der Waals surface area contributed by atoms with Gasteiger partial charge in [-0.15, -0.1) is 0 Å². The third kappa shape index (κ3) is 3.84. The van der Waals surface area contributed by atoms with Crippen LogP contribution in [-0.2, 0) is 11.2 Å². The Morgan fingerprint density at radius 1 is 1.16 bits per heavy atom. The van der Waals surface area contributed by atoms with E-state index in [4.69, 9.17) is 14.9 Å². The molecule has 0 spiro atoms. The number of aliphatic imine (C=N–C) groups is 1. The Bertz CT molecular complexity index is 1270. The molecule has 0 aromatic heterocycles. The SMILES string of the molecule is O=C(O)C(F)(F)F.Oc1c2c(c3c4c1N=CC=4CCN=3)-c1c(Br)cc(Br)cc1CCN2. The number of nitrogens with zero attached hydrogens (tertiary/aromatic N) is 2. The third-order valence-corrected chi connectivity index (χ3v) is 6.15. The maximum Gasteiger partial charge on any atom is 0.490 e. The van der Waals surface area contributed by atoms with E-state index in [-0.39, 0.29) is 5.75 Å². The van der Waals surface area contributed by atoms with Gasteiger partial charge in [0.15, 0.2) is 5.75 Å². The molecule has 5 rings (SSSR count). The van der Waals surface area contributed by atoms with E-state index in [2.05, 4.69) is 54.3 Å². The molecule has 31 heavy (non-hydrogen) atoms. The fourth-order valence-electron chi connectivity index (χ4n) is 3.83. The normalized spacial score (nSPS) is 15.5. The summed E-state index contributed by atoms with van der Waals surface area (Å²) in [7, 11) is 0. The van der Waals surface area contributed by atoms with E-state index in [9.17, 15) is 18.3 Å². The molecule has 3 N–H and O–H groups in total. The summed E-state index contributed by atoms with van der Waals surface area (Å²) in [6.07, 6.45) is -1.45. The molecule has 0 aliphatic carbocycles. The number of hydrogen-bond donors (Lipinski definition) is 3. The van der Waals surface area contributed by atoms with Gasteiger partial charge in [-0.3, -0.25) is 9.98 Å². The van der Waals surface area contributed by atoms with Crippen molar-refractivity contribution in [2.24, 2.45) is 9.98 Å². The van der Waals surface area contributed by atoms with Crippen LogP contribution in [-0.4, -0.2) is 41.7 Å². The molecule has 0 amide bonds. The maximum absolute atomic E-state index is 10.9. The molecule has 0 saturated heterocycles. The first-order valence-corrected chi connectivity index (χ1v) is 10.7. The standard InChI is InChI=1S/C18H13Br2N3O.C2HF3O2/c19-10-5-8-1-3-22-17-14(12(8)11(20)6-10)15-13-9(2-4-21-15)7-23-16(13)18(17)24;3-2(4,5)1(6)7/h5-7,22,24H,1-4H2;(H,6,7). The first kappa shape index (κ1) is 21.8. The van der Waals surface area contributed by atoms with Crippen LogP contribution in [0.3, 0.4) is 0 Å². The summed E-state index contributed by atoms with van der Waals surface area (Å²) in [4.78, 5) is 18.2. The number of carbonyl (C=O) groups is 1. The molecule has 162 valence electrons. The molecule has 0 unspecified atom stereocenters. The Hall–Kier alpha value is -2.40. The van der Waals surface area contributed by atoms with Crippen molar-refractivity contribution < 1.29 is 28.2 Å². The molecule has 6 nitrogen and oxygen atoms in total. The second kappa shape index (κ2) is 7.94. The first-order chi connectivity index (χ1) is 14.6. The summed E-state index contributed by atoms with van der Waals surface area (Å²) in [5, 5.41) is 23.3. The monoisotopic (exact) mass is 559 g/mol. The van der Waals surface area contributed by atoms with Gasteiger partial charge in [-0.05, 0) is 36.1 Å². The lowest BCUT2D eigenvalue weighted by Crippen LogP contribution is -2.33. The van der Waals surface area contributed by atoms with Crippen LogP contribution in [0.15, 0.2) is 31.1 Å². The zero-order chi connectivity index (χ0) is 22.5. The lowest BCUT2D eigenvalue weighted by atomic mass is 9.94. The number of carboxylic acid groups (broad SMARTS) is 1. The molecular weight excluding hydrogens is 547 g/mol. The Kier molecular flexibility index (Phi) is 5.59. The first-order valence-electron chi connectivity index (χ1n) is 9.12. The van der Waals surface area contributed by atoms with Crippen molar-refractivity contribution in [3.63, 3.8) is 0 Å². The largest absolute Gasteiger partial charge is 0.504 e. The van der Waals surface area contributed by atoms with Crippen LogP contribution >= 0.6 is 31.9 Å². The minimum absolute atomic E-state index is 0.231. The quantitative estimate of drug-likeness (QED) is 0.423. The van der Waals surface area contributed by atoms with Gasteiger partial charge >= 0.3 is 12.1 Å². The average molecular weight is 561 g/mol. The van der Waals surface area contributed by atoms with Crippen molar-refractivity contribution in [2.45, 2.75) is 19.0 Å². The van der Waals surface area contributed by atoms with Crippen LogP contribution in [0.1, 0.15) is 12.0 Å². The van der Waals surface area contributed by atoms with Gasteiger partial charge in [0.25, 0.3) is 0 Å². The average Bonchev–Trinajstić information content (AvgIpc) is 3.02. The highest BCUT2D eigenvalue weighted by Crippen LogP contribution is 2.44. The summed E-state index contributed by atoms with van der Waals surface area (Å²) in [6.45, 7) is 1.52. The van der Waals surface area contributed by atoms with Crippen LogP contribution in [0.5, 0.6) is 5.75 Å². The van der Waals surface area contributed by atoms with Crippen LogP contribution in [0.25, 0.3) is 16.7 Å². The number of phenolic OH excluding ortho intramolecular Hbond substituents is 1. The van der Waals surface area contributed by atoms with Gasteiger partial charge in [0, 0.05) is 44.6 Å². The van der Waals surface area contributed by atoms with Gasteiger partial charge in [-0.25, -0.2) is 4.79 Å². The Balaban J connectivity index is 0.000000289. The molecule has 3 aliphatic heterocycles. The number of anilines is 1. The molecule has 0 fully saturated rings. The molecule has 2 aromatic carbocycles. The summed E-state index contributed by atoms with van der Waals surface area (Å²) in [6, 6.07) is 4.20. The fourth-order valence-corrected chi connectivity index (χ4v) is 5.34. The van der Waals surface area contributed by atoms with Crippen molar-refractivity contribution in [3.8, 4) is 16.9 Å². The molecule has 2 aromatic rings. The van der Waals surface area contributed by atoms with Crippen molar-refractivity contribution in [1.82, 2.24) is 0 Å². The number of hydrogen-bond acceptors (Lipinski definition) is 5. The van der Waals surface area contributed by atoms with E-state index in [0.29, 0.717) is 5.69 Å². The van der Waals surface area contributed by atoms with Crippen LogP contribution in [0.4, 0.5) is 24.5 Å². The van der Waals surface area contributed by atoms with Gasteiger partial charge in [0.05, 0.1) is 11.0 Å². The Morgan fingerprint density at radius 2 is 1.87 bits per heavy atom. The minimum atomic E-state index is -5.08. The topological polar surface area (TPSA) is 94.3 Å². The minimum Gasteiger partial charge on any atom is -0.504 e. The van der Waals surface area contributed by atoms with Gasteiger partial charge < -0.3 is 15.5 Å². The molecule has 11 heteroatoms. The van der Waals surface area contributed by atoms with E-state index in [1.54, 1.807) is 0 Å². The summed E-state index contributed by atoms with van der Waals surface area (Å²) >= 11 is 7.30. The van der Waals surface area contributed by atoms with Crippen LogP contribution in [0, 0.1) is 0 Å². The molecule has 3 aliphatic rings. The van der Waals surface area contributed by atoms with E-state index >= 15 is 0 Å². The van der Waals surface area contributed by atoms with Gasteiger partial charge in [-0.1, -0.05) is 31.9 Å². The number of alkyl halides is 3. The second-order valence-electron chi connectivity index (χ2n) is 6.99. The maximum atomic E-state index is 10.9. The number of fused-ring (bicyclic) bond motifs is 4. The number of carboxylic acids is 1. The summed E-state index contributed by atoms with van der Waals surface area (Å²) in [5.41, 5.74) is 5.91. The number of rotatable bonds is 0. The number of phenols is 1. The highest BCUT2D eigenvalue weighted by atomic mass is 79.9. The lowest BCUT2D eigenvalue weighted by Gasteiger charge is -2.17. The zero-order valence-corrected chi connectivity index (χ0v) is 18.8. The van der Waals surface area contributed by atoms with Gasteiger partial charge in [-0.2, -0.15) is 13.2 Å². The molecule has 0 atom stereocenters. The highest BCUT2D eigenvalue weighted by Gasteiger charge is 2.38. The Labute approximate surface area is 190 Å². The predicted molar refractivity (Wildman–Crippen MR) is 117 cm³/mol. The zero-order valence-electron chi connectivity index (χ0n) is 15.6. The Morgan fingerprint density at radius 3 is 2.55 bits per heavy atom. The molecule has 0 saturated carbocycles. The fraction of sp³-hybridized carbons (Fsp3) is 0.250. The van der Waals surface area contributed by atoms with Crippen LogP contribution < -0.4 is 15.9 Å². The number of aromatic hydroxyl groups is 1. The smallest absolute Gasteiger partial charge is 0.490 e. The van der Waals surface area contributed by atoms with E-state index in [0.717, 1.165) is 62.3 Å². The molecule has 0 radical (unpaired) electrons. The van der Waals surface area contributed by atoms with Crippen molar-refractivity contribution in [2.75, 3.05) is 18.4 Å². The van der Waals surface area contributed by atoms with Crippen molar-refractivity contribution >= 4 is 61.0 Å². The van der Waals surface area contributed by atoms with Gasteiger partial charge in [0.1, 0.15) is 5.69 Å². The molecule has 0 bridgehead atoms. The van der Waals surface area contributed by atoms with Gasteiger partial charge in [0.2, 0.25) is 0 Å². The van der Waals surface area contributed by atoms with E-state index in [1.807, 2.05) is 6.21 Å². The number of nitrogens with one attached hydrogen (secondary N) is 1. The number of aliphatic carboxylic acids is 1. The lowest BCUT2D eigenvalue weighted by molar-refractivity contribution is -0.192. The van der Waals surface area contributed by atoms with Crippen molar-refractivity contribution in [3.05, 3.63) is 37.2 Å². The summed E-state index contributed by atoms with van der Waals surface area (Å²) in [5.74, 6) is -2.53. The van der Waals surface area contributed by atoms with Crippen LogP contribution in [0.2, 0.25) is 0 Å².